The number of halogens is 1. The Balaban J connectivity index is 3.50. The second-order valence-corrected chi connectivity index (χ2v) is 2.83. The normalized spacial score (nSPS) is 17.3. The Bertz CT molecular complexity index is 65.2. The van der Waals surface area contributed by atoms with Crippen molar-refractivity contribution in [3.05, 3.63) is 0 Å². The Hall–Kier alpha value is 0.360. The van der Waals surface area contributed by atoms with E-state index < -0.39 is 0 Å². The van der Waals surface area contributed by atoms with Gasteiger partial charge in [0.15, 0.2) is 0 Å². The molecule has 0 aliphatic rings. The van der Waals surface area contributed by atoms with Gasteiger partial charge in [0.2, 0.25) is 0 Å². The van der Waals surface area contributed by atoms with E-state index in [4.69, 9.17) is 14.9 Å². The van der Waals surface area contributed by atoms with E-state index in [1.807, 2.05) is 0 Å². The maximum absolute atomic E-state index is 8.56. The van der Waals surface area contributed by atoms with Crippen LogP contribution in [0.5, 0.6) is 0 Å². The Morgan fingerprint density at radius 3 is 2.11 bits per heavy atom. The fraction of sp³-hybridized carbons (Fsp3) is 1.00. The molecule has 0 heterocycles. The Morgan fingerprint density at radius 2 is 2.00 bits per heavy atom. The fourth-order valence-corrected chi connectivity index (χ4v) is 0.837. The van der Waals surface area contributed by atoms with Gasteiger partial charge in [-0.3, -0.25) is 0 Å². The van der Waals surface area contributed by atoms with Crippen molar-refractivity contribution in [2.45, 2.75) is 10.9 Å². The predicted molar refractivity (Wildman–Crippen MR) is 37.7 cm³/mol. The van der Waals surface area contributed by atoms with Crippen molar-refractivity contribution in [2.75, 3.05) is 20.3 Å². The van der Waals surface area contributed by atoms with Crippen molar-refractivity contribution < 1.29 is 14.9 Å². The van der Waals surface area contributed by atoms with Crippen molar-refractivity contribution >= 4 is 15.9 Å². The molecule has 0 amide bonds. The number of aliphatic hydroxyl groups is 2. The summed E-state index contributed by atoms with van der Waals surface area (Å²) in [4.78, 5) is -0.174. The van der Waals surface area contributed by atoms with Crippen LogP contribution in [-0.4, -0.2) is 41.5 Å². The van der Waals surface area contributed by atoms with Gasteiger partial charge in [0.25, 0.3) is 0 Å². The molecule has 2 unspecified atom stereocenters. The molecular weight excluding hydrogens is 188 g/mol. The molecule has 0 spiro atoms. The molecule has 2 N–H and O–H groups in total. The van der Waals surface area contributed by atoms with Gasteiger partial charge in [0.1, 0.15) is 0 Å². The molecule has 56 valence electrons. The summed E-state index contributed by atoms with van der Waals surface area (Å²) in [6.07, 6.45) is -0.310. The van der Waals surface area contributed by atoms with Crippen LogP contribution < -0.4 is 0 Å². The second-order valence-electron chi connectivity index (χ2n) is 1.66. The van der Waals surface area contributed by atoms with E-state index in [0.717, 1.165) is 0 Å². The van der Waals surface area contributed by atoms with E-state index in [9.17, 15) is 0 Å². The highest BCUT2D eigenvalue weighted by Crippen LogP contribution is 2.06. The molecule has 0 bridgehead atoms. The number of methoxy groups -OCH3 is 1. The van der Waals surface area contributed by atoms with Crippen molar-refractivity contribution in [1.29, 1.82) is 0 Å². The lowest BCUT2D eigenvalue weighted by Gasteiger charge is -2.15. The molecule has 2 atom stereocenters. The summed E-state index contributed by atoms with van der Waals surface area (Å²) in [7, 11) is 1.49. The maximum Gasteiger partial charge on any atom is 0.0948 e. The minimum absolute atomic E-state index is 0.0287. The smallest absolute Gasteiger partial charge is 0.0948 e. The van der Waals surface area contributed by atoms with Crippen LogP contribution in [0.25, 0.3) is 0 Å². The van der Waals surface area contributed by atoms with Crippen LogP contribution >= 0.6 is 15.9 Å². The van der Waals surface area contributed by atoms with Gasteiger partial charge >= 0.3 is 0 Å². The van der Waals surface area contributed by atoms with Crippen molar-refractivity contribution in [3.8, 4) is 0 Å². The predicted octanol–water partition coefficient (Wildman–Crippen LogP) is -0.251. The molecule has 0 aromatic heterocycles. The summed E-state index contributed by atoms with van der Waals surface area (Å²) in [5.74, 6) is 0. The molecule has 0 saturated heterocycles. The average molecular weight is 199 g/mol. The highest BCUT2D eigenvalue weighted by Gasteiger charge is 2.15. The van der Waals surface area contributed by atoms with Gasteiger partial charge in [-0.05, 0) is 0 Å². The van der Waals surface area contributed by atoms with Crippen molar-refractivity contribution in [3.63, 3.8) is 0 Å². The summed E-state index contributed by atoms with van der Waals surface area (Å²) in [5.41, 5.74) is 0. The van der Waals surface area contributed by atoms with Crippen LogP contribution in [0.2, 0.25) is 0 Å². The van der Waals surface area contributed by atoms with E-state index in [1.54, 1.807) is 0 Å². The SMILES string of the molecule is COC(CO)C(Br)CO. The zero-order valence-electron chi connectivity index (χ0n) is 5.25. The number of hydrogen-bond acceptors (Lipinski definition) is 3. The quantitative estimate of drug-likeness (QED) is 0.614. The van der Waals surface area contributed by atoms with Crippen LogP contribution in [0.3, 0.4) is 0 Å². The van der Waals surface area contributed by atoms with E-state index in [0.29, 0.717) is 0 Å². The minimum atomic E-state index is -0.310. The molecule has 4 heteroatoms. The van der Waals surface area contributed by atoms with E-state index in [-0.39, 0.29) is 24.1 Å². The third kappa shape index (κ3) is 3.15. The van der Waals surface area contributed by atoms with Crippen LogP contribution in [0, 0.1) is 0 Å². The third-order valence-electron chi connectivity index (χ3n) is 1.06. The van der Waals surface area contributed by atoms with Crippen molar-refractivity contribution in [2.24, 2.45) is 0 Å². The summed E-state index contributed by atoms with van der Waals surface area (Å²) < 4.78 is 4.80. The zero-order chi connectivity index (χ0) is 7.28. The third-order valence-corrected chi connectivity index (χ3v) is 1.94. The summed E-state index contributed by atoms with van der Waals surface area (Å²) in [6, 6.07) is 0. The number of aliphatic hydroxyl groups excluding tert-OH is 2. The standard InChI is InChI=1S/C5H11BrO3/c1-9-5(3-8)4(6)2-7/h4-5,7-8H,2-3H2,1H3. The highest BCUT2D eigenvalue weighted by atomic mass is 79.9. The molecule has 3 nitrogen and oxygen atoms in total. The summed E-state index contributed by atoms with van der Waals surface area (Å²) >= 11 is 3.13. The Kier molecular flexibility index (Phi) is 5.38. The van der Waals surface area contributed by atoms with Crippen LogP contribution in [0.1, 0.15) is 0 Å². The first-order valence-corrected chi connectivity index (χ1v) is 3.56. The summed E-state index contributed by atoms with van der Waals surface area (Å²) in [6.45, 7) is -0.105. The van der Waals surface area contributed by atoms with Gasteiger partial charge in [-0.1, -0.05) is 15.9 Å². The number of ether oxygens (including phenoxy) is 1. The fourth-order valence-electron chi connectivity index (χ4n) is 0.454. The first-order valence-electron chi connectivity index (χ1n) is 2.64. The maximum atomic E-state index is 8.56. The Labute approximate surface area is 62.8 Å². The van der Waals surface area contributed by atoms with Crippen LogP contribution in [0.4, 0.5) is 0 Å². The first-order chi connectivity index (χ1) is 4.26. The molecule has 9 heavy (non-hydrogen) atoms. The first kappa shape index (κ1) is 9.36. The van der Waals surface area contributed by atoms with Gasteiger partial charge in [-0.2, -0.15) is 0 Å². The number of rotatable bonds is 4. The lowest BCUT2D eigenvalue weighted by molar-refractivity contribution is 0.0380. The highest BCUT2D eigenvalue weighted by molar-refractivity contribution is 9.09. The molecule has 0 aliphatic heterocycles. The van der Waals surface area contributed by atoms with Gasteiger partial charge in [-0.25, -0.2) is 0 Å². The van der Waals surface area contributed by atoms with Crippen LogP contribution in [-0.2, 0) is 4.74 Å². The van der Waals surface area contributed by atoms with Gasteiger partial charge < -0.3 is 14.9 Å². The molecule has 0 radical (unpaired) electrons. The zero-order valence-corrected chi connectivity index (χ0v) is 6.84. The van der Waals surface area contributed by atoms with Gasteiger partial charge in [0, 0.05) is 7.11 Å². The van der Waals surface area contributed by atoms with E-state index in [2.05, 4.69) is 15.9 Å². The molecule has 0 rings (SSSR count). The lowest BCUT2D eigenvalue weighted by atomic mass is 10.3. The molecule has 0 fully saturated rings. The van der Waals surface area contributed by atoms with Gasteiger partial charge in [0.05, 0.1) is 24.1 Å². The molecular formula is C5H11BrO3. The topological polar surface area (TPSA) is 49.7 Å². The van der Waals surface area contributed by atoms with Gasteiger partial charge in [-0.15, -0.1) is 0 Å². The van der Waals surface area contributed by atoms with E-state index in [1.165, 1.54) is 7.11 Å². The monoisotopic (exact) mass is 198 g/mol. The average Bonchev–Trinajstić information content (AvgIpc) is 1.90. The van der Waals surface area contributed by atoms with E-state index >= 15 is 0 Å². The largest absolute Gasteiger partial charge is 0.395 e. The Morgan fingerprint density at radius 1 is 1.44 bits per heavy atom. The number of alkyl halides is 1. The minimum Gasteiger partial charge on any atom is -0.395 e. The number of hydrogen-bond donors (Lipinski definition) is 2. The molecule has 0 aromatic carbocycles. The molecule has 0 aliphatic carbocycles. The second kappa shape index (κ2) is 5.17. The molecule has 0 saturated carbocycles. The lowest BCUT2D eigenvalue weighted by Crippen LogP contribution is -2.29. The van der Waals surface area contributed by atoms with Crippen LogP contribution in [0.15, 0.2) is 0 Å². The molecule has 0 aromatic rings. The summed E-state index contributed by atoms with van der Waals surface area (Å²) in [5, 5.41) is 17.1. The van der Waals surface area contributed by atoms with Crippen molar-refractivity contribution in [1.82, 2.24) is 0 Å².